The van der Waals surface area contributed by atoms with Gasteiger partial charge in [0.25, 0.3) is 17.4 Å². The van der Waals surface area contributed by atoms with Crippen LogP contribution in [-0.4, -0.2) is 147 Å². The van der Waals surface area contributed by atoms with Gasteiger partial charge in [0.15, 0.2) is 0 Å². The van der Waals surface area contributed by atoms with Crippen molar-refractivity contribution in [1.82, 2.24) is 34.8 Å². The second-order valence-corrected chi connectivity index (χ2v) is 17.3. The first-order chi connectivity index (χ1) is 30.4. The van der Waals surface area contributed by atoms with Gasteiger partial charge in [-0.15, -0.1) is 0 Å². The summed E-state index contributed by atoms with van der Waals surface area (Å²) in [5, 5.41) is 4.92. The van der Waals surface area contributed by atoms with E-state index < -0.39 is 29.7 Å². The number of benzene rings is 2. The van der Waals surface area contributed by atoms with Crippen LogP contribution >= 0.6 is 0 Å². The van der Waals surface area contributed by atoms with E-state index >= 15 is 0 Å². The van der Waals surface area contributed by atoms with Crippen LogP contribution in [0.1, 0.15) is 69.5 Å². The highest BCUT2D eigenvalue weighted by molar-refractivity contribution is 6.23. The van der Waals surface area contributed by atoms with Crippen molar-refractivity contribution in [3.8, 4) is 22.6 Å². The number of ether oxygens (including phenoxy) is 3. The summed E-state index contributed by atoms with van der Waals surface area (Å²) in [5.74, 6) is -0.0254. The lowest BCUT2D eigenvalue weighted by molar-refractivity contribution is -0.136. The van der Waals surface area contributed by atoms with E-state index in [1.807, 2.05) is 24.4 Å². The van der Waals surface area contributed by atoms with Gasteiger partial charge in [-0.05, 0) is 86.0 Å². The number of aromatic nitrogens is 1. The molecular formula is C46H58N8O9. The molecule has 17 nitrogen and oxygen atoms in total. The van der Waals surface area contributed by atoms with Crippen LogP contribution < -0.4 is 30.6 Å². The zero-order valence-electron chi connectivity index (χ0n) is 36.9. The quantitative estimate of drug-likeness (QED) is 0.255. The predicted octanol–water partition coefficient (Wildman–Crippen LogP) is 2.61. The largest absolute Gasteiger partial charge is 0.496 e. The van der Waals surface area contributed by atoms with E-state index in [1.165, 1.54) is 0 Å². The third-order valence-corrected chi connectivity index (χ3v) is 13.6. The molecule has 5 aliphatic heterocycles. The first kappa shape index (κ1) is 43.9. The number of imide groups is 2. The minimum Gasteiger partial charge on any atom is -0.496 e. The maximum atomic E-state index is 13.4. The topological polar surface area (TPSA) is 175 Å². The number of carbonyl (C=O) groups is 5. The summed E-state index contributed by atoms with van der Waals surface area (Å²) in [6.45, 7) is 7.20. The van der Waals surface area contributed by atoms with E-state index in [2.05, 4.69) is 25.3 Å². The molecule has 1 aromatic heterocycles. The lowest BCUT2D eigenvalue weighted by atomic mass is 9.91. The van der Waals surface area contributed by atoms with Gasteiger partial charge in [0.1, 0.15) is 17.5 Å². The van der Waals surface area contributed by atoms with Crippen LogP contribution in [0.3, 0.4) is 0 Å². The molecule has 3 fully saturated rings. The van der Waals surface area contributed by atoms with Crippen LogP contribution in [-0.2, 0) is 40.9 Å². The smallest absolute Gasteiger partial charge is 0.317 e. The van der Waals surface area contributed by atoms with Crippen molar-refractivity contribution in [1.29, 1.82) is 0 Å². The summed E-state index contributed by atoms with van der Waals surface area (Å²) in [7, 11) is 8.42. The van der Waals surface area contributed by atoms with Gasteiger partial charge in [-0.3, -0.25) is 44.0 Å². The highest BCUT2D eigenvalue weighted by atomic mass is 16.5. The maximum absolute atomic E-state index is 13.4. The van der Waals surface area contributed by atoms with Crippen molar-refractivity contribution in [2.24, 2.45) is 13.0 Å². The number of anilines is 1. The number of piperazine rings is 1. The minimum atomic E-state index is -0.982. The molecule has 3 saturated heterocycles. The second kappa shape index (κ2) is 18.5. The zero-order valence-corrected chi connectivity index (χ0v) is 36.9. The molecule has 0 saturated carbocycles. The average molecular weight is 867 g/mol. The molecule has 8 rings (SSSR count). The Hall–Kier alpha value is -5.78. The average Bonchev–Trinajstić information content (AvgIpc) is 3.54. The first-order valence-electron chi connectivity index (χ1n) is 21.9. The normalized spacial score (nSPS) is 21.1. The van der Waals surface area contributed by atoms with Gasteiger partial charge in [0.05, 0.1) is 44.1 Å². The number of nitrogens with one attached hydrogen (secondary N) is 2. The van der Waals surface area contributed by atoms with Crippen LogP contribution in [0.4, 0.5) is 10.5 Å². The lowest BCUT2D eigenvalue weighted by Crippen LogP contribution is -2.55. The Bertz CT molecular complexity index is 2330. The maximum Gasteiger partial charge on any atom is 0.317 e. The molecular weight excluding hydrogens is 809 g/mol. The Kier molecular flexibility index (Phi) is 12.9. The highest BCUT2D eigenvalue weighted by Gasteiger charge is 2.45. The molecule has 6 amide bonds. The van der Waals surface area contributed by atoms with Crippen molar-refractivity contribution in [2.45, 2.75) is 63.7 Å². The highest BCUT2D eigenvalue weighted by Crippen LogP contribution is 2.39. The van der Waals surface area contributed by atoms with E-state index in [1.54, 1.807) is 57.0 Å². The molecule has 5 aliphatic rings. The van der Waals surface area contributed by atoms with Gasteiger partial charge in [-0.25, -0.2) is 4.79 Å². The molecule has 0 spiro atoms. The molecule has 2 unspecified atom stereocenters. The summed E-state index contributed by atoms with van der Waals surface area (Å²) in [4.78, 5) is 86.4. The van der Waals surface area contributed by atoms with Gasteiger partial charge < -0.3 is 33.9 Å². The van der Waals surface area contributed by atoms with Crippen molar-refractivity contribution in [2.75, 3.05) is 85.7 Å². The van der Waals surface area contributed by atoms with E-state index in [-0.39, 0.29) is 37.0 Å². The summed E-state index contributed by atoms with van der Waals surface area (Å²) in [5.41, 5.74) is 5.70. The van der Waals surface area contributed by atoms with Crippen molar-refractivity contribution in [3.05, 3.63) is 74.7 Å². The number of piperidine rings is 2. The number of nitrogens with zero attached hydrogens (tertiary/aromatic N) is 6. The fraction of sp³-hybridized carbons (Fsp3) is 0.522. The van der Waals surface area contributed by atoms with E-state index in [0.717, 1.165) is 91.4 Å². The molecule has 2 aromatic carbocycles. The number of hydrogen-bond donors (Lipinski definition) is 2. The fourth-order valence-corrected chi connectivity index (χ4v) is 10.1. The van der Waals surface area contributed by atoms with Crippen molar-refractivity contribution >= 4 is 35.3 Å². The summed E-state index contributed by atoms with van der Waals surface area (Å²) < 4.78 is 19.4. The van der Waals surface area contributed by atoms with Gasteiger partial charge >= 0.3 is 6.03 Å². The molecule has 2 N–H and O–H groups in total. The molecule has 0 radical (unpaired) electrons. The van der Waals surface area contributed by atoms with E-state index in [0.29, 0.717) is 60.2 Å². The number of pyridine rings is 1. The number of fused-ring (bicyclic) bond motifs is 2. The summed E-state index contributed by atoms with van der Waals surface area (Å²) in [6, 6.07) is 8.43. The molecule has 2 atom stereocenters. The third kappa shape index (κ3) is 8.65. The summed E-state index contributed by atoms with van der Waals surface area (Å²) >= 11 is 0. The molecule has 17 heteroatoms. The number of carbonyl (C=O) groups excluding carboxylic acids is 5. The molecule has 3 aromatic rings. The minimum absolute atomic E-state index is 0.0857. The molecule has 63 heavy (non-hydrogen) atoms. The zero-order chi connectivity index (χ0) is 44.5. The van der Waals surface area contributed by atoms with Crippen molar-refractivity contribution in [3.63, 3.8) is 0 Å². The Labute approximate surface area is 367 Å². The van der Waals surface area contributed by atoms with Crippen molar-refractivity contribution < 1.29 is 38.2 Å². The van der Waals surface area contributed by atoms with Gasteiger partial charge in [-0.1, -0.05) is 0 Å². The predicted molar refractivity (Wildman–Crippen MR) is 234 cm³/mol. The van der Waals surface area contributed by atoms with Gasteiger partial charge in [0, 0.05) is 102 Å². The Morgan fingerprint density at radius 2 is 1.57 bits per heavy atom. The number of rotatable bonds is 12. The van der Waals surface area contributed by atoms with Gasteiger partial charge in [0.2, 0.25) is 11.8 Å². The number of urea groups is 1. The first-order valence-corrected chi connectivity index (χ1v) is 21.9. The van der Waals surface area contributed by atoms with Crippen LogP contribution in [0.2, 0.25) is 0 Å². The fourth-order valence-electron chi connectivity index (χ4n) is 10.1. The molecule has 0 aliphatic carbocycles. The summed E-state index contributed by atoms with van der Waals surface area (Å²) in [6.07, 6.45) is 5.72. The third-order valence-electron chi connectivity index (χ3n) is 13.6. The van der Waals surface area contributed by atoms with E-state index in [4.69, 9.17) is 14.2 Å². The monoisotopic (exact) mass is 866 g/mol. The van der Waals surface area contributed by atoms with Crippen LogP contribution in [0, 0.1) is 5.92 Å². The Morgan fingerprint density at radius 3 is 2.25 bits per heavy atom. The number of aryl methyl sites for hydroxylation is 1. The SMILES string of the molecule is CNC(=O)N1CCc2c(-c3cc(OC)c(CN4CCN(CCC5CCN(c6ccc7c(c6)C(=O)N(C6CCC(=O)NC6=O)C7=O)CC5)C(COC)C4)c(OC)c3)cn(C)c(=O)c2C1. The van der Waals surface area contributed by atoms with Crippen LogP contribution in [0.15, 0.2) is 41.3 Å². The lowest BCUT2D eigenvalue weighted by Gasteiger charge is -2.42. The second-order valence-electron chi connectivity index (χ2n) is 17.3. The van der Waals surface area contributed by atoms with Crippen LogP contribution in [0.5, 0.6) is 11.5 Å². The Morgan fingerprint density at radius 1 is 0.841 bits per heavy atom. The molecule has 336 valence electrons. The van der Waals surface area contributed by atoms with Gasteiger partial charge in [-0.2, -0.15) is 0 Å². The molecule has 0 bridgehead atoms. The van der Waals surface area contributed by atoms with E-state index in [9.17, 15) is 28.8 Å². The molecule has 6 heterocycles. The number of methoxy groups -OCH3 is 3. The van der Waals surface area contributed by atoms with Crippen LogP contribution in [0.25, 0.3) is 11.1 Å². The standard InChI is InChI=1S/C46H58N8O9/c1-47-46(60)53-17-13-32-35(24-49(2)43(57)36(32)26-53)29-20-39(62-4)37(40(21-29)63-5)25-50-18-19-52(31(23-50)27-61-3)16-12-28-10-14-51(15-11-28)30-6-7-33-34(22-30)45(59)54(44(33)58)38-8-9-41(55)48-42(38)56/h6-7,20-22,24,28,31,38H,8-19,23,25-27H2,1-5H3,(H,47,60)(H,48,55,56). The Balaban J connectivity index is 0.880. The number of hydrogen-bond acceptors (Lipinski definition) is 12. The number of amides is 6.